The molecule has 154 valence electrons. The third-order valence-corrected chi connectivity index (χ3v) is 6.66. The molecule has 3 atom stereocenters. The second-order valence-electron chi connectivity index (χ2n) is 8.40. The normalized spacial score (nSPS) is 22.8. The summed E-state index contributed by atoms with van der Waals surface area (Å²) in [4.78, 5) is 6.69. The number of hydrogen-bond acceptors (Lipinski definition) is 5. The van der Waals surface area contributed by atoms with Gasteiger partial charge in [0, 0.05) is 61.7 Å². The smallest absolute Gasteiger partial charge is 0.167 e. The van der Waals surface area contributed by atoms with Crippen molar-refractivity contribution in [3.63, 3.8) is 0 Å². The maximum Gasteiger partial charge on any atom is 0.167 e. The zero-order valence-corrected chi connectivity index (χ0v) is 17.2. The van der Waals surface area contributed by atoms with Crippen LogP contribution in [0.4, 0.5) is 0 Å². The van der Waals surface area contributed by atoms with Gasteiger partial charge in [0.1, 0.15) is 0 Å². The molecule has 2 aromatic heterocycles. The van der Waals surface area contributed by atoms with E-state index in [0.29, 0.717) is 18.0 Å². The van der Waals surface area contributed by atoms with Gasteiger partial charge in [-0.1, -0.05) is 59.8 Å². The fourth-order valence-corrected chi connectivity index (χ4v) is 5.11. The lowest BCUT2D eigenvalue weighted by atomic mass is 9.72. The maximum absolute atomic E-state index is 5.61. The molecule has 2 bridgehead atoms. The zero-order chi connectivity index (χ0) is 20.6. The molecular formula is C26H24N4O. The third kappa shape index (κ3) is 3.36. The summed E-state index contributed by atoms with van der Waals surface area (Å²) in [6.45, 7) is 2.85. The van der Waals surface area contributed by atoms with E-state index in [1.54, 1.807) is 0 Å². The van der Waals surface area contributed by atoms with Gasteiger partial charge in [-0.3, -0.25) is 9.88 Å². The number of pyridine rings is 1. The van der Waals surface area contributed by atoms with Crippen molar-refractivity contribution < 1.29 is 4.52 Å². The minimum absolute atomic E-state index is 0.488. The van der Waals surface area contributed by atoms with Gasteiger partial charge in [0.2, 0.25) is 0 Å². The van der Waals surface area contributed by atoms with E-state index in [-0.39, 0.29) is 0 Å². The lowest BCUT2D eigenvalue weighted by Crippen LogP contribution is -2.72. The summed E-state index contributed by atoms with van der Waals surface area (Å²) in [5.74, 6) is 1.40. The summed E-state index contributed by atoms with van der Waals surface area (Å²) >= 11 is 0. The summed E-state index contributed by atoms with van der Waals surface area (Å²) in [6.07, 6.45) is 3.69. The highest BCUT2D eigenvalue weighted by atomic mass is 16.5. The van der Waals surface area contributed by atoms with Gasteiger partial charge in [-0.15, -0.1) is 0 Å². The van der Waals surface area contributed by atoms with Crippen LogP contribution in [0.3, 0.4) is 0 Å². The monoisotopic (exact) mass is 408 g/mol. The number of piperidine rings is 1. The molecule has 2 aromatic carbocycles. The van der Waals surface area contributed by atoms with Crippen LogP contribution in [-0.2, 0) is 6.54 Å². The summed E-state index contributed by atoms with van der Waals surface area (Å²) < 4.78 is 5.61. The Morgan fingerprint density at radius 1 is 0.839 bits per heavy atom. The van der Waals surface area contributed by atoms with Crippen molar-refractivity contribution in [2.24, 2.45) is 0 Å². The fourth-order valence-electron chi connectivity index (χ4n) is 5.11. The van der Waals surface area contributed by atoms with Gasteiger partial charge >= 0.3 is 0 Å². The molecule has 5 heteroatoms. The average Bonchev–Trinajstić information content (AvgIpc) is 3.33. The van der Waals surface area contributed by atoms with Gasteiger partial charge < -0.3 is 9.84 Å². The molecule has 0 spiro atoms. The number of nitrogens with one attached hydrogen (secondary N) is 1. The second kappa shape index (κ2) is 7.76. The number of hydrogen-bond donors (Lipinski definition) is 1. The third-order valence-electron chi connectivity index (χ3n) is 6.66. The molecular weight excluding hydrogens is 384 g/mol. The molecule has 4 heterocycles. The lowest BCUT2D eigenvalue weighted by Gasteiger charge is -2.59. The van der Waals surface area contributed by atoms with Gasteiger partial charge in [-0.25, -0.2) is 0 Å². The van der Waals surface area contributed by atoms with Crippen molar-refractivity contribution >= 4 is 0 Å². The van der Waals surface area contributed by atoms with Crippen molar-refractivity contribution in [3.05, 3.63) is 96.4 Å². The largest absolute Gasteiger partial charge is 0.356 e. The van der Waals surface area contributed by atoms with E-state index in [1.807, 2.05) is 30.6 Å². The van der Waals surface area contributed by atoms with Crippen molar-refractivity contribution in [1.82, 2.24) is 20.4 Å². The Labute approximate surface area is 181 Å². The van der Waals surface area contributed by atoms with Gasteiger partial charge in [0.25, 0.3) is 0 Å². The van der Waals surface area contributed by atoms with Crippen molar-refractivity contribution in [1.29, 1.82) is 0 Å². The van der Waals surface area contributed by atoms with Gasteiger partial charge in [-0.2, -0.15) is 0 Å². The first-order valence-corrected chi connectivity index (χ1v) is 10.8. The summed E-state index contributed by atoms with van der Waals surface area (Å²) in [7, 11) is 0. The highest BCUT2D eigenvalue weighted by Crippen LogP contribution is 2.43. The first-order valence-electron chi connectivity index (χ1n) is 10.8. The number of nitrogens with zero attached hydrogens (tertiary/aromatic N) is 3. The van der Waals surface area contributed by atoms with Crippen LogP contribution in [-0.4, -0.2) is 40.2 Å². The van der Waals surface area contributed by atoms with Crippen LogP contribution < -0.4 is 5.32 Å². The molecule has 0 amide bonds. The maximum atomic E-state index is 5.61. The van der Waals surface area contributed by atoms with Crippen molar-refractivity contribution in [3.8, 4) is 22.5 Å². The standard InChI is InChI=1S/C26H24N4O/c1-2-4-20(5-3-1)25-14-22(29-31-25)17-30-23-15-28-16-24(30)26(23)21-8-6-18(7-9-21)19-10-12-27-13-11-19/h1-14,23-24,26,28H,15-17H2/t23-,24+,26?. The van der Waals surface area contributed by atoms with E-state index in [1.165, 1.54) is 16.7 Å². The van der Waals surface area contributed by atoms with Crippen LogP contribution >= 0.6 is 0 Å². The summed E-state index contributed by atoms with van der Waals surface area (Å²) in [6, 6.07) is 26.4. The average molecular weight is 409 g/mol. The minimum Gasteiger partial charge on any atom is -0.356 e. The Hall–Kier alpha value is -3.28. The van der Waals surface area contributed by atoms with Gasteiger partial charge in [-0.05, 0) is 28.8 Å². The number of fused-ring (bicyclic) bond motifs is 2. The quantitative estimate of drug-likeness (QED) is 0.532. The molecule has 5 nitrogen and oxygen atoms in total. The number of aromatic nitrogens is 2. The van der Waals surface area contributed by atoms with E-state index >= 15 is 0 Å². The Kier molecular flexibility index (Phi) is 4.63. The Morgan fingerprint density at radius 2 is 1.55 bits per heavy atom. The molecule has 2 aliphatic heterocycles. The van der Waals surface area contributed by atoms with Crippen LogP contribution in [0.25, 0.3) is 22.5 Å². The van der Waals surface area contributed by atoms with E-state index in [4.69, 9.17) is 4.52 Å². The predicted molar refractivity (Wildman–Crippen MR) is 120 cm³/mol. The molecule has 6 rings (SSSR count). The van der Waals surface area contributed by atoms with Crippen molar-refractivity contribution in [2.75, 3.05) is 13.1 Å². The second-order valence-corrected chi connectivity index (χ2v) is 8.40. The molecule has 31 heavy (non-hydrogen) atoms. The molecule has 0 saturated carbocycles. The number of rotatable bonds is 5. The van der Waals surface area contributed by atoms with Crippen molar-refractivity contribution in [2.45, 2.75) is 24.5 Å². The van der Waals surface area contributed by atoms with E-state index in [9.17, 15) is 0 Å². The lowest BCUT2D eigenvalue weighted by molar-refractivity contribution is -0.0496. The summed E-state index contributed by atoms with van der Waals surface area (Å²) in [5, 5.41) is 7.92. The minimum atomic E-state index is 0.488. The molecule has 1 unspecified atom stereocenters. The SMILES string of the molecule is c1ccc(-c2cc(CN3[C@@H]4CNC[C@H]3C4c3ccc(-c4ccncc4)cc3)no2)cc1. The number of benzene rings is 2. The molecule has 0 radical (unpaired) electrons. The van der Waals surface area contributed by atoms with Crippen LogP contribution in [0.15, 0.2) is 89.7 Å². The van der Waals surface area contributed by atoms with E-state index in [2.05, 4.69) is 75.0 Å². The van der Waals surface area contributed by atoms with E-state index in [0.717, 1.165) is 36.7 Å². The van der Waals surface area contributed by atoms with Gasteiger partial charge in [0.05, 0.1) is 5.69 Å². The molecule has 1 N–H and O–H groups in total. The van der Waals surface area contributed by atoms with Crippen LogP contribution in [0.2, 0.25) is 0 Å². The first kappa shape index (κ1) is 18.5. The van der Waals surface area contributed by atoms with Crippen LogP contribution in [0.1, 0.15) is 17.2 Å². The predicted octanol–water partition coefficient (Wildman–Crippen LogP) is 4.34. The Balaban J connectivity index is 1.18. The molecule has 2 fully saturated rings. The molecule has 2 aliphatic rings. The highest BCUT2D eigenvalue weighted by molar-refractivity contribution is 5.63. The summed E-state index contributed by atoms with van der Waals surface area (Å²) in [5.41, 5.74) is 5.94. The highest BCUT2D eigenvalue weighted by Gasteiger charge is 2.51. The van der Waals surface area contributed by atoms with Crippen LogP contribution in [0, 0.1) is 0 Å². The van der Waals surface area contributed by atoms with Crippen LogP contribution in [0.5, 0.6) is 0 Å². The number of piperazine rings is 1. The van der Waals surface area contributed by atoms with E-state index < -0.39 is 0 Å². The zero-order valence-electron chi connectivity index (χ0n) is 17.2. The topological polar surface area (TPSA) is 54.2 Å². The Morgan fingerprint density at radius 3 is 2.29 bits per heavy atom. The molecule has 2 saturated heterocycles. The molecule has 0 aliphatic carbocycles. The fraction of sp³-hybridized carbons (Fsp3) is 0.231. The molecule has 4 aromatic rings. The first-order chi connectivity index (χ1) is 15.4. The Bertz CT molecular complexity index is 1150. The van der Waals surface area contributed by atoms with Gasteiger partial charge in [0.15, 0.2) is 5.76 Å².